The smallest absolute Gasteiger partial charge is 0.127 e. The van der Waals surface area contributed by atoms with E-state index in [1.165, 1.54) is 49.5 Å². The Balaban J connectivity index is 1.47. The SMILES string of the molecule is CCN(CC)c1ccc(C[NH+]2CC[NH+](Cc3ccccc3)CC2)cc1. The normalized spacial score (nSPS) is 20.4. The molecule has 25 heavy (non-hydrogen) atoms. The molecule has 0 spiro atoms. The van der Waals surface area contributed by atoms with Crippen molar-refractivity contribution in [2.24, 2.45) is 0 Å². The van der Waals surface area contributed by atoms with Crippen LogP contribution in [0.5, 0.6) is 0 Å². The second kappa shape index (κ2) is 9.02. The van der Waals surface area contributed by atoms with Crippen molar-refractivity contribution < 1.29 is 9.80 Å². The fourth-order valence-corrected chi connectivity index (χ4v) is 3.90. The summed E-state index contributed by atoms with van der Waals surface area (Å²) in [6, 6.07) is 20.1. The molecule has 3 nitrogen and oxygen atoms in total. The van der Waals surface area contributed by atoms with E-state index in [2.05, 4.69) is 73.3 Å². The summed E-state index contributed by atoms with van der Waals surface area (Å²) >= 11 is 0. The van der Waals surface area contributed by atoms with Crippen LogP contribution in [0.15, 0.2) is 54.6 Å². The number of rotatable bonds is 7. The van der Waals surface area contributed by atoms with Crippen LogP contribution in [-0.2, 0) is 13.1 Å². The van der Waals surface area contributed by atoms with Gasteiger partial charge >= 0.3 is 0 Å². The Bertz CT molecular complexity index is 611. The Morgan fingerprint density at radius 1 is 0.680 bits per heavy atom. The van der Waals surface area contributed by atoms with E-state index in [4.69, 9.17) is 0 Å². The first kappa shape index (κ1) is 18.0. The van der Waals surface area contributed by atoms with Gasteiger partial charge in [0.15, 0.2) is 0 Å². The summed E-state index contributed by atoms with van der Waals surface area (Å²) in [6.45, 7) is 14.0. The lowest BCUT2D eigenvalue weighted by Crippen LogP contribution is -3.27. The van der Waals surface area contributed by atoms with Gasteiger partial charge in [-0.05, 0) is 26.0 Å². The minimum atomic E-state index is 1.08. The topological polar surface area (TPSA) is 12.1 Å². The van der Waals surface area contributed by atoms with Crippen LogP contribution in [-0.4, -0.2) is 39.3 Å². The maximum absolute atomic E-state index is 2.41. The fraction of sp³-hybridized carbons (Fsp3) is 0.455. The van der Waals surface area contributed by atoms with Crippen molar-refractivity contribution in [1.82, 2.24) is 0 Å². The maximum Gasteiger partial charge on any atom is 0.127 e. The Hall–Kier alpha value is -1.84. The van der Waals surface area contributed by atoms with E-state index < -0.39 is 0 Å². The number of hydrogen-bond donors (Lipinski definition) is 2. The highest BCUT2D eigenvalue weighted by molar-refractivity contribution is 5.47. The molecule has 134 valence electrons. The Morgan fingerprint density at radius 3 is 1.64 bits per heavy atom. The molecular formula is C22H33N3+2. The molecule has 0 aliphatic carbocycles. The first-order chi connectivity index (χ1) is 12.3. The Morgan fingerprint density at radius 2 is 1.16 bits per heavy atom. The van der Waals surface area contributed by atoms with E-state index in [0.29, 0.717) is 0 Å². The summed E-state index contributed by atoms with van der Waals surface area (Å²) in [5.74, 6) is 0. The zero-order valence-corrected chi connectivity index (χ0v) is 15.8. The van der Waals surface area contributed by atoms with Crippen molar-refractivity contribution in [1.29, 1.82) is 0 Å². The fourth-order valence-electron chi connectivity index (χ4n) is 3.90. The molecule has 0 aromatic heterocycles. The van der Waals surface area contributed by atoms with E-state index in [1.807, 2.05) is 0 Å². The average molecular weight is 340 g/mol. The van der Waals surface area contributed by atoms with Crippen molar-refractivity contribution >= 4 is 5.69 Å². The van der Waals surface area contributed by atoms with Gasteiger partial charge in [-0.2, -0.15) is 0 Å². The molecule has 0 unspecified atom stereocenters. The van der Waals surface area contributed by atoms with Gasteiger partial charge in [0.05, 0.1) is 0 Å². The molecule has 1 heterocycles. The zero-order valence-electron chi connectivity index (χ0n) is 15.8. The zero-order chi connectivity index (χ0) is 17.5. The van der Waals surface area contributed by atoms with Crippen molar-refractivity contribution in [3.8, 4) is 0 Å². The standard InChI is InChI=1S/C22H31N3/c1-3-25(4-2)22-12-10-21(11-13-22)19-24-16-14-23(15-17-24)18-20-8-6-5-7-9-20/h5-13H,3-4,14-19H2,1-2H3/p+2. The van der Waals surface area contributed by atoms with Gasteiger partial charge in [0.1, 0.15) is 39.3 Å². The van der Waals surface area contributed by atoms with Gasteiger partial charge in [0, 0.05) is 29.9 Å². The number of anilines is 1. The van der Waals surface area contributed by atoms with Crippen molar-refractivity contribution in [3.05, 3.63) is 65.7 Å². The van der Waals surface area contributed by atoms with E-state index in [0.717, 1.165) is 19.6 Å². The van der Waals surface area contributed by atoms with Crippen LogP contribution >= 0.6 is 0 Å². The van der Waals surface area contributed by atoms with Gasteiger partial charge in [0.25, 0.3) is 0 Å². The van der Waals surface area contributed by atoms with Crippen LogP contribution < -0.4 is 14.7 Å². The second-order valence-corrected chi connectivity index (χ2v) is 7.18. The Kier molecular flexibility index (Phi) is 6.48. The molecule has 1 saturated heterocycles. The van der Waals surface area contributed by atoms with Crippen molar-refractivity contribution in [2.45, 2.75) is 26.9 Å². The van der Waals surface area contributed by atoms with Crippen molar-refractivity contribution in [3.63, 3.8) is 0 Å². The highest BCUT2D eigenvalue weighted by atomic mass is 15.3. The summed E-state index contributed by atoms with van der Waals surface area (Å²) in [6.07, 6.45) is 0. The second-order valence-electron chi connectivity index (χ2n) is 7.18. The highest BCUT2D eigenvalue weighted by Crippen LogP contribution is 2.14. The van der Waals surface area contributed by atoms with E-state index in [-0.39, 0.29) is 0 Å². The molecule has 3 heteroatoms. The van der Waals surface area contributed by atoms with Crippen LogP contribution in [0, 0.1) is 0 Å². The summed E-state index contributed by atoms with van der Waals surface area (Å²) in [7, 11) is 0. The van der Waals surface area contributed by atoms with Gasteiger partial charge in [-0.15, -0.1) is 0 Å². The molecule has 2 N–H and O–H groups in total. The molecule has 1 fully saturated rings. The van der Waals surface area contributed by atoms with Crippen LogP contribution in [0.25, 0.3) is 0 Å². The largest absolute Gasteiger partial charge is 0.372 e. The summed E-state index contributed by atoms with van der Waals surface area (Å²) in [5, 5.41) is 0. The average Bonchev–Trinajstić information content (AvgIpc) is 2.66. The molecule has 3 rings (SSSR count). The molecule has 0 bridgehead atoms. The number of nitrogens with zero attached hydrogens (tertiary/aromatic N) is 1. The lowest BCUT2D eigenvalue weighted by atomic mass is 10.1. The predicted molar refractivity (Wildman–Crippen MR) is 105 cm³/mol. The molecule has 0 amide bonds. The monoisotopic (exact) mass is 339 g/mol. The van der Waals surface area contributed by atoms with E-state index >= 15 is 0 Å². The number of quaternary nitrogens is 2. The number of hydrogen-bond acceptors (Lipinski definition) is 1. The van der Waals surface area contributed by atoms with Gasteiger partial charge < -0.3 is 14.7 Å². The van der Waals surface area contributed by atoms with Gasteiger partial charge in [-0.3, -0.25) is 0 Å². The molecule has 2 aromatic rings. The van der Waals surface area contributed by atoms with Gasteiger partial charge in [-0.1, -0.05) is 42.5 Å². The van der Waals surface area contributed by atoms with Crippen LogP contribution in [0.3, 0.4) is 0 Å². The molecule has 1 aliphatic rings. The molecule has 1 aliphatic heterocycles. The minimum Gasteiger partial charge on any atom is -0.372 e. The summed E-state index contributed by atoms with van der Waals surface area (Å²) in [4.78, 5) is 5.86. The summed E-state index contributed by atoms with van der Waals surface area (Å²) in [5.41, 5.74) is 4.28. The predicted octanol–water partition coefficient (Wildman–Crippen LogP) is 1.02. The first-order valence-corrected chi connectivity index (χ1v) is 9.83. The quantitative estimate of drug-likeness (QED) is 0.768. The van der Waals surface area contributed by atoms with Crippen molar-refractivity contribution in [2.75, 3.05) is 44.2 Å². The highest BCUT2D eigenvalue weighted by Gasteiger charge is 2.23. The lowest BCUT2D eigenvalue weighted by molar-refractivity contribution is -1.02. The first-order valence-electron chi connectivity index (χ1n) is 9.83. The summed E-state index contributed by atoms with van der Waals surface area (Å²) < 4.78 is 0. The van der Waals surface area contributed by atoms with Crippen LogP contribution in [0.2, 0.25) is 0 Å². The van der Waals surface area contributed by atoms with Crippen LogP contribution in [0.4, 0.5) is 5.69 Å². The maximum atomic E-state index is 2.41. The minimum absolute atomic E-state index is 1.08. The molecule has 0 radical (unpaired) electrons. The molecule has 0 atom stereocenters. The number of piperazine rings is 1. The third-order valence-electron chi connectivity index (χ3n) is 5.48. The van der Waals surface area contributed by atoms with Gasteiger partial charge in [0.2, 0.25) is 0 Å². The number of nitrogens with one attached hydrogen (secondary N) is 2. The van der Waals surface area contributed by atoms with E-state index in [9.17, 15) is 0 Å². The third-order valence-corrected chi connectivity index (χ3v) is 5.48. The third kappa shape index (κ3) is 5.07. The van der Waals surface area contributed by atoms with Crippen LogP contribution in [0.1, 0.15) is 25.0 Å². The molecular weight excluding hydrogens is 306 g/mol. The molecule has 0 saturated carbocycles. The molecule has 2 aromatic carbocycles. The lowest BCUT2D eigenvalue weighted by Gasteiger charge is -2.30. The Labute approximate surface area is 152 Å². The number of benzene rings is 2. The van der Waals surface area contributed by atoms with Gasteiger partial charge in [-0.25, -0.2) is 0 Å². The van der Waals surface area contributed by atoms with E-state index in [1.54, 1.807) is 9.80 Å².